The zero-order valence-electron chi connectivity index (χ0n) is 11.3. The van der Waals surface area contributed by atoms with E-state index in [1.807, 2.05) is 30.3 Å². The largest absolute Gasteiger partial charge is 0.394 e. The van der Waals surface area contributed by atoms with Crippen molar-refractivity contribution >= 4 is 0 Å². The van der Waals surface area contributed by atoms with Gasteiger partial charge in [0.15, 0.2) is 6.23 Å². The Balaban J connectivity index is 1.73. The molecular weight excluding hydrogens is 274 g/mol. The van der Waals surface area contributed by atoms with Crippen molar-refractivity contribution in [2.75, 3.05) is 6.61 Å². The average Bonchev–Trinajstić information content (AvgIpc) is 3.06. The van der Waals surface area contributed by atoms with Gasteiger partial charge in [0.2, 0.25) is 0 Å². The molecule has 0 saturated carbocycles. The lowest BCUT2D eigenvalue weighted by Crippen LogP contribution is -2.33. The summed E-state index contributed by atoms with van der Waals surface area (Å²) in [5.41, 5.74) is 1.84. The van der Waals surface area contributed by atoms with E-state index in [1.165, 1.54) is 4.68 Å². The summed E-state index contributed by atoms with van der Waals surface area (Å²) >= 11 is 0. The van der Waals surface area contributed by atoms with Crippen LogP contribution in [-0.4, -0.2) is 55.2 Å². The van der Waals surface area contributed by atoms with Crippen molar-refractivity contribution in [2.24, 2.45) is 0 Å². The number of aliphatic hydroxyl groups is 3. The molecule has 3 rings (SSSR count). The SMILES string of the molecule is OC[C@H]1O[C@@H](n2cc(Cc3ccccc3)nn2)[C@H](O)[C@@H]1O. The van der Waals surface area contributed by atoms with E-state index in [2.05, 4.69) is 10.3 Å². The van der Waals surface area contributed by atoms with E-state index in [-0.39, 0.29) is 6.61 Å². The maximum atomic E-state index is 9.94. The molecule has 7 nitrogen and oxygen atoms in total. The number of aliphatic hydroxyl groups excluding tert-OH is 3. The highest BCUT2D eigenvalue weighted by molar-refractivity contribution is 5.19. The molecule has 2 heterocycles. The molecular formula is C14H17N3O4. The van der Waals surface area contributed by atoms with Gasteiger partial charge in [-0.05, 0) is 5.56 Å². The van der Waals surface area contributed by atoms with Gasteiger partial charge in [-0.25, -0.2) is 4.68 Å². The van der Waals surface area contributed by atoms with Crippen LogP contribution in [-0.2, 0) is 11.2 Å². The Bertz CT molecular complexity index is 589. The van der Waals surface area contributed by atoms with Gasteiger partial charge in [0.25, 0.3) is 0 Å². The van der Waals surface area contributed by atoms with Gasteiger partial charge >= 0.3 is 0 Å². The number of aromatic nitrogens is 3. The van der Waals surface area contributed by atoms with E-state index in [0.717, 1.165) is 11.3 Å². The second-order valence-electron chi connectivity index (χ2n) is 5.08. The fourth-order valence-electron chi connectivity index (χ4n) is 2.42. The van der Waals surface area contributed by atoms with Crippen molar-refractivity contribution in [3.8, 4) is 0 Å². The van der Waals surface area contributed by atoms with E-state index in [9.17, 15) is 10.2 Å². The Morgan fingerprint density at radius 1 is 1.14 bits per heavy atom. The molecule has 1 saturated heterocycles. The van der Waals surface area contributed by atoms with Gasteiger partial charge in [-0.15, -0.1) is 5.10 Å². The summed E-state index contributed by atoms with van der Waals surface area (Å²) in [5, 5.41) is 36.7. The first-order valence-electron chi connectivity index (χ1n) is 6.76. The Hall–Kier alpha value is -1.80. The topological polar surface area (TPSA) is 101 Å². The minimum atomic E-state index is -1.14. The number of ether oxygens (including phenoxy) is 1. The molecule has 112 valence electrons. The van der Waals surface area contributed by atoms with Crippen LogP contribution in [0.15, 0.2) is 36.5 Å². The fraction of sp³-hybridized carbons (Fsp3) is 0.429. The summed E-state index contributed by atoms with van der Waals surface area (Å²) in [6.45, 7) is -0.361. The maximum absolute atomic E-state index is 9.94. The predicted molar refractivity (Wildman–Crippen MR) is 72.3 cm³/mol. The summed E-state index contributed by atoms with van der Waals surface area (Å²) < 4.78 is 6.77. The first-order valence-corrected chi connectivity index (χ1v) is 6.76. The summed E-state index contributed by atoms with van der Waals surface area (Å²) in [6, 6.07) is 9.83. The number of rotatable bonds is 4. The van der Waals surface area contributed by atoms with Gasteiger partial charge in [-0.3, -0.25) is 0 Å². The van der Waals surface area contributed by atoms with Crippen LogP contribution in [0.1, 0.15) is 17.5 Å². The number of benzene rings is 1. The summed E-state index contributed by atoms with van der Waals surface area (Å²) in [6.07, 6.45) is -1.64. The van der Waals surface area contributed by atoms with Gasteiger partial charge < -0.3 is 20.1 Å². The molecule has 3 N–H and O–H groups in total. The third kappa shape index (κ3) is 2.81. The van der Waals surface area contributed by atoms with Gasteiger partial charge in [0.1, 0.15) is 18.3 Å². The second kappa shape index (κ2) is 5.90. The van der Waals surface area contributed by atoms with Crippen LogP contribution in [0.5, 0.6) is 0 Å². The normalized spacial score (nSPS) is 28.9. The van der Waals surface area contributed by atoms with E-state index < -0.39 is 24.5 Å². The van der Waals surface area contributed by atoms with Crippen LogP contribution < -0.4 is 0 Å². The number of hydrogen-bond acceptors (Lipinski definition) is 6. The first-order chi connectivity index (χ1) is 10.2. The van der Waals surface area contributed by atoms with E-state index in [4.69, 9.17) is 9.84 Å². The third-order valence-electron chi connectivity index (χ3n) is 3.56. The number of nitrogens with zero attached hydrogens (tertiary/aromatic N) is 3. The highest BCUT2D eigenvalue weighted by atomic mass is 16.6. The molecule has 7 heteroatoms. The highest BCUT2D eigenvalue weighted by Gasteiger charge is 2.43. The van der Waals surface area contributed by atoms with Crippen LogP contribution >= 0.6 is 0 Å². The van der Waals surface area contributed by atoms with Crippen molar-refractivity contribution in [1.82, 2.24) is 15.0 Å². The second-order valence-corrected chi connectivity index (χ2v) is 5.08. The lowest BCUT2D eigenvalue weighted by Gasteiger charge is -2.13. The van der Waals surface area contributed by atoms with Crippen LogP contribution in [0.2, 0.25) is 0 Å². The minimum absolute atomic E-state index is 0.361. The zero-order chi connectivity index (χ0) is 14.8. The molecule has 0 amide bonds. The minimum Gasteiger partial charge on any atom is -0.394 e. The predicted octanol–water partition coefficient (Wildman–Crippen LogP) is -0.520. The Morgan fingerprint density at radius 3 is 2.57 bits per heavy atom. The zero-order valence-corrected chi connectivity index (χ0v) is 11.3. The van der Waals surface area contributed by atoms with Gasteiger partial charge in [0.05, 0.1) is 18.5 Å². The van der Waals surface area contributed by atoms with E-state index in [0.29, 0.717) is 6.42 Å². The molecule has 21 heavy (non-hydrogen) atoms. The van der Waals surface area contributed by atoms with Crippen LogP contribution in [0.25, 0.3) is 0 Å². The van der Waals surface area contributed by atoms with Crippen molar-refractivity contribution in [2.45, 2.75) is 31.0 Å². The van der Waals surface area contributed by atoms with Crippen molar-refractivity contribution < 1.29 is 20.1 Å². The fourth-order valence-corrected chi connectivity index (χ4v) is 2.42. The Morgan fingerprint density at radius 2 is 1.90 bits per heavy atom. The molecule has 0 bridgehead atoms. The van der Waals surface area contributed by atoms with Crippen molar-refractivity contribution in [3.05, 3.63) is 47.8 Å². The molecule has 2 aromatic rings. The maximum Gasteiger partial charge on any atom is 0.180 e. The van der Waals surface area contributed by atoms with Gasteiger partial charge in [-0.2, -0.15) is 0 Å². The Labute approximate surface area is 121 Å². The van der Waals surface area contributed by atoms with Crippen molar-refractivity contribution in [1.29, 1.82) is 0 Å². The quantitative estimate of drug-likeness (QED) is 0.701. The smallest absolute Gasteiger partial charge is 0.180 e. The van der Waals surface area contributed by atoms with Crippen molar-refractivity contribution in [3.63, 3.8) is 0 Å². The molecule has 1 aliphatic rings. The standard InChI is InChI=1S/C14H17N3O4/c18-8-11-12(19)13(20)14(21-11)17-7-10(15-16-17)6-9-4-2-1-3-5-9/h1-5,7,11-14,18-20H,6,8H2/t11-,12-,13-,14-/m1/s1. The lowest BCUT2D eigenvalue weighted by molar-refractivity contribution is -0.0594. The molecule has 1 aliphatic heterocycles. The van der Waals surface area contributed by atoms with Crippen LogP contribution in [0.3, 0.4) is 0 Å². The monoisotopic (exact) mass is 291 g/mol. The summed E-state index contributed by atoms with van der Waals surface area (Å²) in [7, 11) is 0. The average molecular weight is 291 g/mol. The molecule has 0 unspecified atom stereocenters. The summed E-state index contributed by atoms with van der Waals surface area (Å²) in [5.74, 6) is 0. The van der Waals surface area contributed by atoms with Crippen LogP contribution in [0, 0.1) is 0 Å². The third-order valence-corrected chi connectivity index (χ3v) is 3.56. The summed E-state index contributed by atoms with van der Waals surface area (Å²) in [4.78, 5) is 0. The van der Waals surface area contributed by atoms with Gasteiger partial charge in [-0.1, -0.05) is 35.5 Å². The molecule has 1 aromatic heterocycles. The molecule has 4 atom stereocenters. The van der Waals surface area contributed by atoms with E-state index >= 15 is 0 Å². The van der Waals surface area contributed by atoms with Gasteiger partial charge in [0, 0.05) is 6.42 Å². The molecule has 1 fully saturated rings. The Kier molecular flexibility index (Phi) is 3.98. The molecule has 0 spiro atoms. The molecule has 0 aliphatic carbocycles. The van der Waals surface area contributed by atoms with E-state index in [1.54, 1.807) is 6.20 Å². The lowest BCUT2D eigenvalue weighted by atomic mass is 10.1. The molecule has 0 radical (unpaired) electrons. The first kappa shape index (κ1) is 14.2. The van der Waals surface area contributed by atoms with Crippen LogP contribution in [0.4, 0.5) is 0 Å². The molecule has 1 aromatic carbocycles. The highest BCUT2D eigenvalue weighted by Crippen LogP contribution is 2.28. The number of hydrogen-bond donors (Lipinski definition) is 3.